The number of carbonyl (C=O) groups is 1. The lowest BCUT2D eigenvalue weighted by molar-refractivity contribution is -0.140. The van der Waals surface area contributed by atoms with Gasteiger partial charge < -0.3 is 9.47 Å². The number of carbonyl (C=O) groups excluding carboxylic acids is 1. The summed E-state index contributed by atoms with van der Waals surface area (Å²) in [6.07, 6.45) is 3.87. The van der Waals surface area contributed by atoms with Crippen molar-refractivity contribution in [3.63, 3.8) is 0 Å². The number of nitrogens with zero attached hydrogens (tertiary/aromatic N) is 2. The van der Waals surface area contributed by atoms with Gasteiger partial charge in [-0.3, -0.25) is 9.36 Å². The molecule has 1 atom stereocenters. The van der Waals surface area contributed by atoms with Crippen LogP contribution in [0.1, 0.15) is 29.7 Å². The van der Waals surface area contributed by atoms with E-state index >= 15 is 0 Å². The fraction of sp³-hybridized carbons (Fsp3) is 0.269. The average molecular weight is 495 g/mol. The Balaban J connectivity index is 1.87. The Hall–Kier alpha value is -2.94. The third-order valence-corrected chi connectivity index (χ3v) is 7.30. The largest absolute Gasteiger partial charge is 0.460 e. The molecule has 0 amide bonds. The van der Waals surface area contributed by atoms with Gasteiger partial charge in [0.05, 0.1) is 28.5 Å². The molecule has 0 saturated heterocycles. The van der Waals surface area contributed by atoms with E-state index in [4.69, 9.17) is 9.47 Å². The zero-order valence-corrected chi connectivity index (χ0v) is 21.2. The number of aryl methyl sites for hydroxylation is 1. The fourth-order valence-electron chi connectivity index (χ4n) is 3.79. The molecule has 0 saturated carbocycles. The van der Waals surface area contributed by atoms with Crippen LogP contribution in [0.4, 0.5) is 0 Å². The summed E-state index contributed by atoms with van der Waals surface area (Å²) in [5, 5.41) is 0. The Labute approximate surface area is 206 Å². The van der Waals surface area contributed by atoms with Crippen LogP contribution in [-0.4, -0.2) is 37.1 Å². The molecule has 34 heavy (non-hydrogen) atoms. The van der Waals surface area contributed by atoms with E-state index in [1.54, 1.807) is 30.4 Å². The van der Waals surface area contributed by atoms with Crippen molar-refractivity contribution in [2.24, 2.45) is 4.99 Å². The fourth-order valence-corrected chi connectivity index (χ4v) is 5.25. The van der Waals surface area contributed by atoms with Crippen LogP contribution in [0.25, 0.3) is 6.08 Å². The van der Waals surface area contributed by atoms with Crippen LogP contribution in [-0.2, 0) is 14.3 Å². The highest BCUT2D eigenvalue weighted by atomic mass is 32.2. The topological polar surface area (TPSA) is 69.9 Å². The van der Waals surface area contributed by atoms with E-state index in [9.17, 15) is 9.59 Å². The lowest BCUT2D eigenvalue weighted by atomic mass is 9.96. The van der Waals surface area contributed by atoms with Crippen molar-refractivity contribution in [2.75, 3.05) is 26.6 Å². The first-order chi connectivity index (χ1) is 16.4. The van der Waals surface area contributed by atoms with E-state index in [1.165, 1.54) is 11.3 Å². The number of esters is 1. The summed E-state index contributed by atoms with van der Waals surface area (Å²) in [5.74, 6) is -0.495. The van der Waals surface area contributed by atoms with Crippen molar-refractivity contribution in [3.05, 3.63) is 96.2 Å². The van der Waals surface area contributed by atoms with Gasteiger partial charge >= 0.3 is 5.97 Å². The Morgan fingerprint density at radius 2 is 1.82 bits per heavy atom. The number of methoxy groups -OCH3 is 1. The molecular weight excluding hydrogens is 468 g/mol. The Kier molecular flexibility index (Phi) is 7.50. The first-order valence-electron chi connectivity index (χ1n) is 10.8. The molecule has 0 radical (unpaired) electrons. The van der Waals surface area contributed by atoms with Crippen LogP contribution < -0.4 is 14.9 Å². The maximum atomic E-state index is 13.6. The SMILES string of the molecule is COCCOC(=O)C1=C(C)N=c2s/c(=C/c3ccc(C)cc3)c(=O)n2[C@@H]1c1ccc(SC)cc1. The standard InChI is InChI=1S/C26H26N2O4S2/c1-16-5-7-18(8-6-16)15-21-24(29)28-23(19-9-11-20(33-4)12-10-19)22(17(2)27-26(28)34-21)25(30)32-14-13-31-3/h5-12,15,23H,13-14H2,1-4H3/b21-15+/t23-/m1/s1. The average Bonchev–Trinajstić information content (AvgIpc) is 3.14. The number of hydrogen-bond acceptors (Lipinski definition) is 7. The number of hydrogen-bond donors (Lipinski definition) is 0. The molecule has 0 aliphatic carbocycles. The number of ether oxygens (including phenoxy) is 2. The first-order valence-corrected chi connectivity index (χ1v) is 12.9. The molecule has 1 aliphatic heterocycles. The van der Waals surface area contributed by atoms with Gasteiger partial charge in [0.25, 0.3) is 5.56 Å². The van der Waals surface area contributed by atoms with Crippen LogP contribution in [0.15, 0.2) is 74.5 Å². The number of allylic oxidation sites excluding steroid dienone is 1. The molecule has 0 spiro atoms. The van der Waals surface area contributed by atoms with E-state index in [0.717, 1.165) is 21.6 Å². The molecule has 0 unspecified atom stereocenters. The number of benzene rings is 2. The van der Waals surface area contributed by atoms with Crippen LogP contribution in [0, 0.1) is 6.92 Å². The molecule has 0 N–H and O–H groups in total. The van der Waals surface area contributed by atoms with Crippen LogP contribution in [0.3, 0.4) is 0 Å². The number of thiazole rings is 1. The summed E-state index contributed by atoms with van der Waals surface area (Å²) in [6.45, 7) is 4.23. The molecule has 0 fully saturated rings. The second kappa shape index (κ2) is 10.5. The second-order valence-corrected chi connectivity index (χ2v) is 9.78. The molecule has 176 valence electrons. The molecule has 3 aromatic rings. The van der Waals surface area contributed by atoms with E-state index in [1.807, 2.05) is 67.8 Å². The summed E-state index contributed by atoms with van der Waals surface area (Å²) >= 11 is 2.96. The summed E-state index contributed by atoms with van der Waals surface area (Å²) in [6, 6.07) is 15.3. The number of thioether (sulfide) groups is 1. The predicted molar refractivity (Wildman–Crippen MR) is 136 cm³/mol. The molecular formula is C26H26N2O4S2. The van der Waals surface area contributed by atoms with E-state index < -0.39 is 12.0 Å². The maximum Gasteiger partial charge on any atom is 0.338 e. The highest BCUT2D eigenvalue weighted by molar-refractivity contribution is 7.98. The first kappa shape index (κ1) is 24.2. The highest BCUT2D eigenvalue weighted by Crippen LogP contribution is 2.31. The van der Waals surface area contributed by atoms with Gasteiger partial charge in [0.1, 0.15) is 6.61 Å². The molecule has 4 rings (SSSR count). The summed E-state index contributed by atoms with van der Waals surface area (Å²) in [5.41, 5.74) is 3.64. The minimum Gasteiger partial charge on any atom is -0.460 e. The van der Waals surface area contributed by atoms with Gasteiger partial charge in [-0.2, -0.15) is 0 Å². The number of aromatic nitrogens is 1. The molecule has 6 nitrogen and oxygen atoms in total. The minimum absolute atomic E-state index is 0.127. The lowest BCUT2D eigenvalue weighted by Crippen LogP contribution is -2.40. The van der Waals surface area contributed by atoms with Crippen LogP contribution in [0.5, 0.6) is 0 Å². The van der Waals surface area contributed by atoms with E-state index in [0.29, 0.717) is 27.2 Å². The molecule has 2 aromatic carbocycles. The summed E-state index contributed by atoms with van der Waals surface area (Å²) in [7, 11) is 1.55. The van der Waals surface area contributed by atoms with Gasteiger partial charge in [-0.15, -0.1) is 11.8 Å². The summed E-state index contributed by atoms with van der Waals surface area (Å²) < 4.78 is 12.6. The Bertz CT molecular complexity index is 1400. The Morgan fingerprint density at radius 3 is 2.47 bits per heavy atom. The van der Waals surface area contributed by atoms with Crippen molar-refractivity contribution < 1.29 is 14.3 Å². The van der Waals surface area contributed by atoms with E-state index in [2.05, 4.69) is 4.99 Å². The predicted octanol–water partition coefficient (Wildman–Crippen LogP) is 3.46. The number of fused-ring (bicyclic) bond motifs is 1. The van der Waals surface area contributed by atoms with Crippen molar-refractivity contribution in [2.45, 2.75) is 24.8 Å². The molecule has 1 aromatic heterocycles. The maximum absolute atomic E-state index is 13.6. The molecule has 8 heteroatoms. The quantitative estimate of drug-likeness (QED) is 0.286. The summed E-state index contributed by atoms with van der Waals surface area (Å²) in [4.78, 5) is 33.0. The normalized spacial score (nSPS) is 15.8. The zero-order valence-electron chi connectivity index (χ0n) is 19.5. The highest BCUT2D eigenvalue weighted by Gasteiger charge is 2.33. The minimum atomic E-state index is -0.623. The van der Waals surface area contributed by atoms with E-state index in [-0.39, 0.29) is 12.2 Å². The van der Waals surface area contributed by atoms with Gasteiger partial charge in [0.15, 0.2) is 4.80 Å². The van der Waals surface area contributed by atoms with Gasteiger partial charge in [-0.1, -0.05) is 53.3 Å². The van der Waals surface area contributed by atoms with Gasteiger partial charge in [-0.05, 0) is 49.4 Å². The van der Waals surface area contributed by atoms with Crippen molar-refractivity contribution in [1.29, 1.82) is 0 Å². The Morgan fingerprint density at radius 1 is 1.12 bits per heavy atom. The van der Waals surface area contributed by atoms with Gasteiger partial charge in [-0.25, -0.2) is 9.79 Å². The number of rotatable bonds is 7. The molecule has 2 heterocycles. The van der Waals surface area contributed by atoms with Gasteiger partial charge in [0.2, 0.25) is 0 Å². The smallest absolute Gasteiger partial charge is 0.338 e. The third-order valence-electron chi connectivity index (χ3n) is 5.57. The monoisotopic (exact) mass is 494 g/mol. The van der Waals surface area contributed by atoms with Crippen LogP contribution in [0.2, 0.25) is 0 Å². The van der Waals surface area contributed by atoms with Crippen molar-refractivity contribution in [1.82, 2.24) is 4.57 Å². The third kappa shape index (κ3) is 4.94. The lowest BCUT2D eigenvalue weighted by Gasteiger charge is -2.25. The van der Waals surface area contributed by atoms with Crippen LogP contribution >= 0.6 is 23.1 Å². The van der Waals surface area contributed by atoms with Crippen molar-refractivity contribution in [3.8, 4) is 0 Å². The molecule has 0 bridgehead atoms. The van der Waals surface area contributed by atoms with Gasteiger partial charge in [0, 0.05) is 12.0 Å². The van der Waals surface area contributed by atoms with Crippen molar-refractivity contribution >= 4 is 35.1 Å². The molecule has 1 aliphatic rings. The second-order valence-electron chi connectivity index (χ2n) is 7.89. The zero-order chi connectivity index (χ0) is 24.2.